The Hall–Kier alpha value is -0.620. The Bertz CT molecular complexity index is 494. The predicted molar refractivity (Wildman–Crippen MR) is 78.1 cm³/mol. The molecule has 16 heavy (non-hydrogen) atoms. The van der Waals surface area contributed by atoms with Gasteiger partial charge in [0.05, 0.1) is 17.2 Å². The number of aryl methyl sites for hydroxylation is 2. The molecule has 0 aliphatic carbocycles. The minimum Gasteiger partial charge on any atom is -0.379 e. The second-order valence-electron chi connectivity index (χ2n) is 3.68. The van der Waals surface area contributed by atoms with E-state index in [9.17, 15) is 0 Å². The molecule has 0 saturated heterocycles. The van der Waals surface area contributed by atoms with Gasteiger partial charge in [-0.25, -0.2) is 4.98 Å². The Morgan fingerprint density at radius 1 is 1.38 bits per heavy atom. The maximum atomic E-state index is 4.42. The summed E-state index contributed by atoms with van der Waals surface area (Å²) in [6, 6.07) is 6.41. The summed E-state index contributed by atoms with van der Waals surface area (Å²) in [5, 5.41) is 6.60. The lowest BCUT2D eigenvalue weighted by atomic mass is 10.2. The maximum absolute atomic E-state index is 4.42. The fourth-order valence-corrected chi connectivity index (χ4v) is 2.51. The monoisotopic (exact) mass is 344 g/mol. The van der Waals surface area contributed by atoms with E-state index in [0.717, 1.165) is 22.9 Å². The van der Waals surface area contributed by atoms with Gasteiger partial charge in [-0.3, -0.25) is 0 Å². The van der Waals surface area contributed by atoms with E-state index in [2.05, 4.69) is 63.4 Å². The van der Waals surface area contributed by atoms with Crippen LogP contribution in [0.25, 0.3) is 0 Å². The van der Waals surface area contributed by atoms with Gasteiger partial charge >= 0.3 is 0 Å². The minimum atomic E-state index is 0.795. The van der Waals surface area contributed by atoms with E-state index in [1.165, 1.54) is 9.13 Å². The molecular weight excluding hydrogens is 331 g/mol. The smallest absolute Gasteiger partial charge is 0.0898 e. The van der Waals surface area contributed by atoms with Crippen molar-refractivity contribution in [3.8, 4) is 0 Å². The van der Waals surface area contributed by atoms with E-state index in [4.69, 9.17) is 0 Å². The Labute approximate surface area is 113 Å². The average Bonchev–Trinajstić information content (AvgIpc) is 2.66. The molecule has 1 aromatic heterocycles. The SMILES string of the molecule is Cc1nc(CNc2ccc(C)c(I)c2)cs1. The number of rotatable bonds is 3. The quantitative estimate of drug-likeness (QED) is 0.852. The van der Waals surface area contributed by atoms with Crippen LogP contribution >= 0.6 is 33.9 Å². The van der Waals surface area contributed by atoms with E-state index in [1.54, 1.807) is 11.3 Å². The van der Waals surface area contributed by atoms with Crippen molar-refractivity contribution >= 4 is 39.6 Å². The molecular formula is C12H13IN2S. The summed E-state index contributed by atoms with van der Waals surface area (Å²) in [6.07, 6.45) is 0. The van der Waals surface area contributed by atoms with Crippen LogP contribution < -0.4 is 5.32 Å². The summed E-state index contributed by atoms with van der Waals surface area (Å²) in [5.41, 5.74) is 3.58. The first-order valence-corrected chi connectivity index (χ1v) is 7.02. The van der Waals surface area contributed by atoms with Gasteiger partial charge in [0.1, 0.15) is 0 Å². The van der Waals surface area contributed by atoms with Crippen molar-refractivity contribution in [3.63, 3.8) is 0 Å². The number of hydrogen-bond acceptors (Lipinski definition) is 3. The number of anilines is 1. The molecule has 0 saturated carbocycles. The summed E-state index contributed by atoms with van der Waals surface area (Å²) in [6.45, 7) is 4.95. The largest absolute Gasteiger partial charge is 0.379 e. The van der Waals surface area contributed by atoms with Gasteiger partial charge in [-0.15, -0.1) is 11.3 Å². The molecule has 1 heterocycles. The molecule has 2 nitrogen and oxygen atoms in total. The van der Waals surface area contributed by atoms with Crippen molar-refractivity contribution in [2.75, 3.05) is 5.32 Å². The molecule has 0 bridgehead atoms. The van der Waals surface area contributed by atoms with Crippen LogP contribution in [0.2, 0.25) is 0 Å². The number of benzene rings is 1. The average molecular weight is 344 g/mol. The van der Waals surface area contributed by atoms with Crippen molar-refractivity contribution in [1.29, 1.82) is 0 Å². The molecule has 0 aliphatic heterocycles. The number of nitrogens with zero attached hydrogens (tertiary/aromatic N) is 1. The Balaban J connectivity index is 2.02. The van der Waals surface area contributed by atoms with Crippen LogP contribution in [-0.2, 0) is 6.54 Å². The lowest BCUT2D eigenvalue weighted by Gasteiger charge is -2.06. The molecule has 84 valence electrons. The molecule has 1 N–H and O–H groups in total. The molecule has 0 radical (unpaired) electrons. The molecule has 0 atom stereocenters. The molecule has 4 heteroatoms. The standard InChI is InChI=1S/C12H13IN2S/c1-8-3-4-10(5-12(8)13)14-6-11-7-16-9(2)15-11/h3-5,7,14H,6H2,1-2H3. The Morgan fingerprint density at radius 3 is 2.81 bits per heavy atom. The maximum Gasteiger partial charge on any atom is 0.0898 e. The van der Waals surface area contributed by atoms with Gasteiger partial charge in [-0.2, -0.15) is 0 Å². The zero-order valence-electron chi connectivity index (χ0n) is 9.25. The summed E-state index contributed by atoms with van der Waals surface area (Å²) in [7, 11) is 0. The Kier molecular flexibility index (Phi) is 3.81. The lowest BCUT2D eigenvalue weighted by Crippen LogP contribution is -2.00. The van der Waals surface area contributed by atoms with Crippen LogP contribution in [0.1, 0.15) is 16.3 Å². The summed E-state index contributed by atoms with van der Waals surface area (Å²) < 4.78 is 1.29. The summed E-state index contributed by atoms with van der Waals surface area (Å²) in [4.78, 5) is 4.42. The second-order valence-corrected chi connectivity index (χ2v) is 5.90. The number of nitrogens with one attached hydrogen (secondary N) is 1. The summed E-state index contributed by atoms with van der Waals surface area (Å²) in [5.74, 6) is 0. The highest BCUT2D eigenvalue weighted by Crippen LogP contribution is 2.18. The van der Waals surface area contributed by atoms with Crippen molar-refractivity contribution in [2.45, 2.75) is 20.4 Å². The van der Waals surface area contributed by atoms with E-state index in [1.807, 2.05) is 6.92 Å². The molecule has 0 fully saturated rings. The summed E-state index contributed by atoms with van der Waals surface area (Å²) >= 11 is 4.05. The third-order valence-electron chi connectivity index (χ3n) is 2.31. The fraction of sp³-hybridized carbons (Fsp3) is 0.250. The Morgan fingerprint density at radius 2 is 2.19 bits per heavy atom. The minimum absolute atomic E-state index is 0.795. The molecule has 2 rings (SSSR count). The van der Waals surface area contributed by atoms with Gasteiger partial charge < -0.3 is 5.32 Å². The van der Waals surface area contributed by atoms with Crippen LogP contribution in [-0.4, -0.2) is 4.98 Å². The van der Waals surface area contributed by atoms with Crippen molar-refractivity contribution in [1.82, 2.24) is 4.98 Å². The number of aromatic nitrogens is 1. The van der Waals surface area contributed by atoms with Crippen molar-refractivity contribution < 1.29 is 0 Å². The molecule has 2 aromatic rings. The number of hydrogen-bond donors (Lipinski definition) is 1. The van der Waals surface area contributed by atoms with Crippen molar-refractivity contribution in [2.24, 2.45) is 0 Å². The topological polar surface area (TPSA) is 24.9 Å². The van der Waals surface area contributed by atoms with E-state index < -0.39 is 0 Å². The third-order valence-corrected chi connectivity index (χ3v) is 4.30. The predicted octanol–water partition coefficient (Wildman–Crippen LogP) is 3.98. The third kappa shape index (κ3) is 2.95. The highest BCUT2D eigenvalue weighted by atomic mass is 127. The fourth-order valence-electron chi connectivity index (χ4n) is 1.38. The van der Waals surface area contributed by atoms with E-state index >= 15 is 0 Å². The van der Waals surface area contributed by atoms with Crippen LogP contribution in [0.3, 0.4) is 0 Å². The molecule has 0 unspecified atom stereocenters. The van der Waals surface area contributed by atoms with Gasteiger partial charge in [-0.1, -0.05) is 6.07 Å². The second kappa shape index (κ2) is 5.14. The van der Waals surface area contributed by atoms with Crippen LogP contribution in [0.4, 0.5) is 5.69 Å². The van der Waals surface area contributed by atoms with Gasteiger partial charge in [-0.05, 0) is 54.1 Å². The highest BCUT2D eigenvalue weighted by Gasteiger charge is 2.00. The number of thiazole rings is 1. The first-order valence-electron chi connectivity index (χ1n) is 5.06. The van der Waals surface area contributed by atoms with Crippen LogP contribution in [0, 0.1) is 17.4 Å². The van der Waals surface area contributed by atoms with Crippen LogP contribution in [0.15, 0.2) is 23.6 Å². The normalized spacial score (nSPS) is 10.4. The molecule has 0 amide bonds. The van der Waals surface area contributed by atoms with E-state index in [-0.39, 0.29) is 0 Å². The molecule has 0 aliphatic rings. The first kappa shape index (κ1) is 11.9. The zero-order chi connectivity index (χ0) is 11.5. The lowest BCUT2D eigenvalue weighted by molar-refractivity contribution is 1.05. The zero-order valence-corrected chi connectivity index (χ0v) is 12.2. The first-order chi connectivity index (χ1) is 7.65. The van der Waals surface area contributed by atoms with Crippen LogP contribution in [0.5, 0.6) is 0 Å². The molecule has 1 aromatic carbocycles. The van der Waals surface area contributed by atoms with Gasteiger partial charge in [0.15, 0.2) is 0 Å². The number of halogens is 1. The van der Waals surface area contributed by atoms with Crippen molar-refractivity contribution in [3.05, 3.63) is 43.4 Å². The van der Waals surface area contributed by atoms with Gasteiger partial charge in [0.2, 0.25) is 0 Å². The van der Waals surface area contributed by atoms with Gasteiger partial charge in [0, 0.05) is 14.6 Å². The van der Waals surface area contributed by atoms with Gasteiger partial charge in [0.25, 0.3) is 0 Å². The molecule has 0 spiro atoms. The highest BCUT2D eigenvalue weighted by molar-refractivity contribution is 14.1. The van der Waals surface area contributed by atoms with E-state index in [0.29, 0.717) is 0 Å².